The van der Waals surface area contributed by atoms with E-state index in [0.717, 1.165) is 17.7 Å². The number of carbonyl (C=O) groups excluding carboxylic acids is 4. The molecule has 2 fully saturated rings. The van der Waals surface area contributed by atoms with Gasteiger partial charge in [0.15, 0.2) is 0 Å². The standard InChI is InChI=1S/C20H25N3O5/c1-13(2)28-17(25)14-5-7-15(8-6-14)21-16(24)9-12-23-18(26)20(22-19(23)27)10-3-4-11-20/h5-8,13H,3-4,9-12H2,1-2H3,(H,21,24)(H,22,27). The smallest absolute Gasteiger partial charge is 0.338 e. The summed E-state index contributed by atoms with van der Waals surface area (Å²) >= 11 is 0. The minimum absolute atomic E-state index is 0.00633. The van der Waals surface area contributed by atoms with Crippen LogP contribution in [0, 0.1) is 0 Å². The van der Waals surface area contributed by atoms with E-state index >= 15 is 0 Å². The van der Waals surface area contributed by atoms with Crippen LogP contribution in [0.5, 0.6) is 0 Å². The summed E-state index contributed by atoms with van der Waals surface area (Å²) in [6, 6.07) is 5.93. The zero-order chi connectivity index (χ0) is 20.3. The molecular formula is C20H25N3O5. The van der Waals surface area contributed by atoms with Crippen molar-refractivity contribution in [2.75, 3.05) is 11.9 Å². The van der Waals surface area contributed by atoms with Gasteiger partial charge in [-0.1, -0.05) is 12.8 Å². The van der Waals surface area contributed by atoms with E-state index in [2.05, 4.69) is 10.6 Å². The Morgan fingerprint density at radius 3 is 2.43 bits per heavy atom. The average molecular weight is 387 g/mol. The highest BCUT2D eigenvalue weighted by Crippen LogP contribution is 2.35. The van der Waals surface area contributed by atoms with Crippen LogP contribution in [0.15, 0.2) is 24.3 Å². The molecule has 4 amide bonds. The lowest BCUT2D eigenvalue weighted by atomic mass is 9.98. The minimum Gasteiger partial charge on any atom is -0.459 e. The molecule has 1 saturated carbocycles. The van der Waals surface area contributed by atoms with Crippen molar-refractivity contribution in [2.24, 2.45) is 0 Å². The van der Waals surface area contributed by atoms with Gasteiger partial charge in [0.05, 0.1) is 11.7 Å². The predicted octanol–water partition coefficient (Wildman–Crippen LogP) is 2.45. The molecule has 0 unspecified atom stereocenters. The number of esters is 1. The van der Waals surface area contributed by atoms with Gasteiger partial charge in [-0.25, -0.2) is 9.59 Å². The molecule has 0 radical (unpaired) electrons. The van der Waals surface area contributed by atoms with E-state index in [9.17, 15) is 19.2 Å². The van der Waals surface area contributed by atoms with E-state index in [0.29, 0.717) is 24.1 Å². The summed E-state index contributed by atoms with van der Waals surface area (Å²) in [4.78, 5) is 49.8. The number of nitrogens with zero attached hydrogens (tertiary/aromatic N) is 1. The molecule has 2 N–H and O–H groups in total. The van der Waals surface area contributed by atoms with Gasteiger partial charge in [-0.2, -0.15) is 0 Å². The first-order chi connectivity index (χ1) is 13.3. The fraction of sp³-hybridized carbons (Fsp3) is 0.500. The molecule has 0 bridgehead atoms. The first-order valence-corrected chi connectivity index (χ1v) is 9.56. The molecule has 150 valence electrons. The van der Waals surface area contributed by atoms with Gasteiger partial charge in [0.25, 0.3) is 5.91 Å². The van der Waals surface area contributed by atoms with Crippen LogP contribution in [0.4, 0.5) is 10.5 Å². The second-order valence-electron chi connectivity index (χ2n) is 7.51. The molecule has 1 saturated heterocycles. The van der Waals surface area contributed by atoms with Gasteiger partial charge in [0, 0.05) is 18.7 Å². The molecule has 1 aliphatic heterocycles. The van der Waals surface area contributed by atoms with Crippen LogP contribution >= 0.6 is 0 Å². The Balaban J connectivity index is 1.51. The Hall–Kier alpha value is -2.90. The molecule has 1 aromatic carbocycles. The summed E-state index contributed by atoms with van der Waals surface area (Å²) in [7, 11) is 0. The number of benzene rings is 1. The minimum atomic E-state index is -0.756. The van der Waals surface area contributed by atoms with Crippen molar-refractivity contribution >= 4 is 29.5 Å². The molecule has 8 heteroatoms. The van der Waals surface area contributed by atoms with Crippen LogP contribution in [0.25, 0.3) is 0 Å². The molecule has 28 heavy (non-hydrogen) atoms. The number of hydrogen-bond donors (Lipinski definition) is 2. The second kappa shape index (κ2) is 8.00. The van der Waals surface area contributed by atoms with Gasteiger partial charge in [-0.3, -0.25) is 14.5 Å². The van der Waals surface area contributed by atoms with Crippen molar-refractivity contribution in [1.82, 2.24) is 10.2 Å². The Bertz CT molecular complexity index is 782. The maximum atomic E-state index is 12.6. The second-order valence-corrected chi connectivity index (χ2v) is 7.51. The van der Waals surface area contributed by atoms with Gasteiger partial charge in [-0.15, -0.1) is 0 Å². The van der Waals surface area contributed by atoms with Crippen LogP contribution in [-0.2, 0) is 14.3 Å². The highest BCUT2D eigenvalue weighted by molar-refractivity contribution is 6.07. The van der Waals surface area contributed by atoms with Gasteiger partial charge in [0.2, 0.25) is 5.91 Å². The number of hydrogen-bond acceptors (Lipinski definition) is 5. The summed E-state index contributed by atoms with van der Waals surface area (Å²) < 4.78 is 5.11. The van der Waals surface area contributed by atoms with E-state index in [1.807, 2.05) is 0 Å². The summed E-state index contributed by atoms with van der Waals surface area (Å²) in [5.41, 5.74) is 0.164. The number of anilines is 1. The topological polar surface area (TPSA) is 105 Å². The number of rotatable bonds is 6. The number of imide groups is 1. The van der Waals surface area contributed by atoms with E-state index in [4.69, 9.17) is 4.74 Å². The quantitative estimate of drug-likeness (QED) is 0.576. The molecule has 3 rings (SSSR count). The van der Waals surface area contributed by atoms with Crippen molar-refractivity contribution in [3.05, 3.63) is 29.8 Å². The lowest BCUT2D eigenvalue weighted by Gasteiger charge is -2.19. The van der Waals surface area contributed by atoms with Crippen LogP contribution < -0.4 is 10.6 Å². The molecule has 0 aromatic heterocycles. The number of amides is 4. The van der Waals surface area contributed by atoms with Crippen molar-refractivity contribution in [1.29, 1.82) is 0 Å². The van der Waals surface area contributed by atoms with E-state index in [-0.39, 0.29) is 30.9 Å². The van der Waals surface area contributed by atoms with E-state index in [1.165, 1.54) is 0 Å². The summed E-state index contributed by atoms with van der Waals surface area (Å²) in [5, 5.41) is 5.50. The Labute approximate surface area is 163 Å². The largest absolute Gasteiger partial charge is 0.459 e. The third kappa shape index (κ3) is 4.16. The van der Waals surface area contributed by atoms with Gasteiger partial charge < -0.3 is 15.4 Å². The monoisotopic (exact) mass is 387 g/mol. The normalized spacial score (nSPS) is 17.9. The van der Waals surface area contributed by atoms with Gasteiger partial charge in [0.1, 0.15) is 5.54 Å². The molecular weight excluding hydrogens is 362 g/mol. The van der Waals surface area contributed by atoms with Crippen LogP contribution in [0.2, 0.25) is 0 Å². The zero-order valence-electron chi connectivity index (χ0n) is 16.1. The lowest BCUT2D eigenvalue weighted by Crippen LogP contribution is -2.44. The molecule has 1 aromatic rings. The van der Waals surface area contributed by atoms with E-state index < -0.39 is 17.5 Å². The highest BCUT2D eigenvalue weighted by Gasteiger charge is 2.52. The highest BCUT2D eigenvalue weighted by atomic mass is 16.5. The van der Waals surface area contributed by atoms with Crippen LogP contribution in [0.1, 0.15) is 56.3 Å². The maximum Gasteiger partial charge on any atom is 0.338 e. The van der Waals surface area contributed by atoms with Crippen molar-refractivity contribution in [3.63, 3.8) is 0 Å². The summed E-state index contributed by atoms with van der Waals surface area (Å²) in [5.74, 6) is -0.964. The molecule has 1 aliphatic carbocycles. The fourth-order valence-electron chi connectivity index (χ4n) is 3.61. The van der Waals surface area contributed by atoms with E-state index in [1.54, 1.807) is 38.1 Å². The number of nitrogens with one attached hydrogen (secondary N) is 2. The molecule has 1 spiro atoms. The SMILES string of the molecule is CC(C)OC(=O)c1ccc(NC(=O)CCN2C(=O)NC3(CCCC3)C2=O)cc1. The van der Waals surface area contributed by atoms with Gasteiger partial charge in [-0.05, 0) is 51.0 Å². The Morgan fingerprint density at radius 2 is 1.82 bits per heavy atom. The van der Waals surface area contributed by atoms with Crippen molar-refractivity contribution in [3.8, 4) is 0 Å². The summed E-state index contributed by atoms with van der Waals surface area (Å²) in [6.45, 7) is 3.58. The lowest BCUT2D eigenvalue weighted by molar-refractivity contribution is -0.131. The fourth-order valence-corrected chi connectivity index (χ4v) is 3.61. The number of carbonyl (C=O) groups is 4. The molecule has 0 atom stereocenters. The van der Waals surface area contributed by atoms with Crippen LogP contribution in [-0.4, -0.2) is 46.9 Å². The van der Waals surface area contributed by atoms with Crippen molar-refractivity contribution in [2.45, 2.75) is 57.6 Å². The third-order valence-corrected chi connectivity index (χ3v) is 5.01. The average Bonchev–Trinajstić information content (AvgIpc) is 3.19. The first-order valence-electron chi connectivity index (χ1n) is 9.56. The molecule has 2 aliphatic rings. The third-order valence-electron chi connectivity index (χ3n) is 5.01. The number of urea groups is 1. The van der Waals surface area contributed by atoms with Crippen molar-refractivity contribution < 1.29 is 23.9 Å². The van der Waals surface area contributed by atoms with Crippen LogP contribution in [0.3, 0.4) is 0 Å². The Morgan fingerprint density at radius 1 is 1.18 bits per heavy atom. The molecule has 1 heterocycles. The molecule has 8 nitrogen and oxygen atoms in total. The number of ether oxygens (including phenoxy) is 1. The zero-order valence-corrected chi connectivity index (χ0v) is 16.1. The van der Waals surface area contributed by atoms with Gasteiger partial charge >= 0.3 is 12.0 Å². The predicted molar refractivity (Wildman–Crippen MR) is 102 cm³/mol. The Kier molecular flexibility index (Phi) is 5.67. The summed E-state index contributed by atoms with van der Waals surface area (Å²) in [6.07, 6.45) is 2.95. The maximum absolute atomic E-state index is 12.6. The first kappa shape index (κ1) is 19.9.